The molecule has 1 saturated heterocycles. The molecule has 0 spiro atoms. The molecule has 1 aliphatic rings. The zero-order valence-electron chi connectivity index (χ0n) is 9.31. The van der Waals surface area contributed by atoms with Gasteiger partial charge in [0, 0.05) is 25.0 Å². The van der Waals surface area contributed by atoms with Gasteiger partial charge in [0.25, 0.3) is 0 Å². The van der Waals surface area contributed by atoms with Crippen LogP contribution >= 0.6 is 0 Å². The van der Waals surface area contributed by atoms with E-state index in [4.69, 9.17) is 5.73 Å². The minimum atomic E-state index is 0.466. The van der Waals surface area contributed by atoms with Crippen molar-refractivity contribution in [3.63, 3.8) is 0 Å². The van der Waals surface area contributed by atoms with Crippen molar-refractivity contribution in [2.24, 2.45) is 10.7 Å². The number of likely N-dealkylation sites (tertiary alicyclic amines) is 1. The number of hydrogen-bond acceptors (Lipinski definition) is 3. The summed E-state index contributed by atoms with van der Waals surface area (Å²) in [5, 5.41) is 0. The topological polar surface area (TPSA) is 41.6 Å². The van der Waals surface area contributed by atoms with E-state index in [1.54, 1.807) is 12.3 Å². The van der Waals surface area contributed by atoms with Gasteiger partial charge in [-0.15, -0.1) is 0 Å². The van der Waals surface area contributed by atoms with Crippen molar-refractivity contribution in [2.75, 3.05) is 19.6 Å². The molecule has 0 radical (unpaired) electrons. The Kier molecular flexibility index (Phi) is 5.97. The monoisotopic (exact) mass is 207 g/mol. The third kappa shape index (κ3) is 4.40. The number of nitrogens with two attached hydrogens (primary N) is 1. The summed E-state index contributed by atoms with van der Waals surface area (Å²) in [6.07, 6.45) is 10.8. The number of nitrogens with zero attached hydrogens (tertiary/aromatic N) is 2. The normalized spacial score (nSPS) is 20.3. The summed E-state index contributed by atoms with van der Waals surface area (Å²) in [5.41, 5.74) is 5.76. The van der Waals surface area contributed by atoms with Crippen LogP contribution in [0.3, 0.4) is 0 Å². The molecule has 0 aromatic rings. The zero-order valence-corrected chi connectivity index (χ0v) is 9.31. The summed E-state index contributed by atoms with van der Waals surface area (Å²) in [5.74, 6) is 0. The maximum atomic E-state index is 5.76. The molecule has 1 fully saturated rings. The molecule has 0 aromatic carbocycles. The van der Waals surface area contributed by atoms with E-state index in [9.17, 15) is 0 Å². The highest BCUT2D eigenvalue weighted by molar-refractivity contribution is 5.59. The molecule has 84 valence electrons. The second-order valence-corrected chi connectivity index (χ2v) is 3.78. The fourth-order valence-corrected chi connectivity index (χ4v) is 1.86. The SMILES string of the molecule is C=C/C=C\N=C/CC(CN)N1CCCC1. The van der Waals surface area contributed by atoms with Crippen molar-refractivity contribution >= 4 is 6.21 Å². The Bertz CT molecular complexity index is 227. The predicted octanol–water partition coefficient (Wildman–Crippen LogP) is 1.57. The van der Waals surface area contributed by atoms with Gasteiger partial charge >= 0.3 is 0 Å². The van der Waals surface area contributed by atoms with Crippen molar-refractivity contribution < 1.29 is 0 Å². The van der Waals surface area contributed by atoms with Crippen molar-refractivity contribution in [1.29, 1.82) is 0 Å². The van der Waals surface area contributed by atoms with Crippen molar-refractivity contribution in [3.05, 3.63) is 24.9 Å². The lowest BCUT2D eigenvalue weighted by atomic mass is 10.2. The molecule has 0 aromatic heterocycles. The highest BCUT2D eigenvalue weighted by atomic mass is 15.2. The molecule has 1 aliphatic heterocycles. The fourth-order valence-electron chi connectivity index (χ4n) is 1.86. The Morgan fingerprint density at radius 3 is 2.73 bits per heavy atom. The van der Waals surface area contributed by atoms with Gasteiger partial charge in [-0.25, -0.2) is 0 Å². The largest absolute Gasteiger partial charge is 0.329 e. The second-order valence-electron chi connectivity index (χ2n) is 3.78. The first-order chi connectivity index (χ1) is 7.38. The Labute approximate surface area is 92.4 Å². The number of aliphatic imine (C=N–C) groups is 1. The summed E-state index contributed by atoms with van der Waals surface area (Å²) in [7, 11) is 0. The average Bonchev–Trinajstić information content (AvgIpc) is 2.77. The zero-order chi connectivity index (χ0) is 10.9. The van der Waals surface area contributed by atoms with E-state index in [-0.39, 0.29) is 0 Å². The Morgan fingerprint density at radius 1 is 1.40 bits per heavy atom. The van der Waals surface area contributed by atoms with Gasteiger partial charge < -0.3 is 5.73 Å². The van der Waals surface area contributed by atoms with E-state index in [1.165, 1.54) is 25.9 Å². The van der Waals surface area contributed by atoms with Crippen LogP contribution in [0.4, 0.5) is 0 Å². The average molecular weight is 207 g/mol. The standard InChI is InChI=1S/C12H21N3/c1-2-3-7-14-8-6-12(11-13)15-9-4-5-10-15/h2-3,7-8,12H,1,4-6,9-11,13H2/b7-3-,14-8-. The predicted molar refractivity (Wildman–Crippen MR) is 66.1 cm³/mol. The summed E-state index contributed by atoms with van der Waals surface area (Å²) in [4.78, 5) is 6.62. The van der Waals surface area contributed by atoms with Crippen molar-refractivity contribution in [2.45, 2.75) is 25.3 Å². The molecule has 1 rings (SSSR count). The molecule has 2 N–H and O–H groups in total. The molecule has 0 bridgehead atoms. The fraction of sp³-hybridized carbons (Fsp3) is 0.583. The molecular formula is C12H21N3. The molecule has 3 nitrogen and oxygen atoms in total. The quantitative estimate of drug-likeness (QED) is 0.530. The molecular weight excluding hydrogens is 186 g/mol. The first-order valence-electron chi connectivity index (χ1n) is 5.61. The molecule has 1 heterocycles. The third-order valence-corrected chi connectivity index (χ3v) is 2.72. The highest BCUT2D eigenvalue weighted by Gasteiger charge is 2.19. The molecule has 1 atom stereocenters. The van der Waals surface area contributed by atoms with E-state index in [2.05, 4.69) is 16.5 Å². The summed E-state index contributed by atoms with van der Waals surface area (Å²) >= 11 is 0. The summed E-state index contributed by atoms with van der Waals surface area (Å²) in [6, 6.07) is 0.466. The lowest BCUT2D eigenvalue weighted by Gasteiger charge is -2.24. The van der Waals surface area contributed by atoms with Gasteiger partial charge in [-0.1, -0.05) is 12.7 Å². The van der Waals surface area contributed by atoms with E-state index in [0.29, 0.717) is 6.04 Å². The second kappa shape index (κ2) is 7.37. The van der Waals surface area contributed by atoms with Crippen LogP contribution in [0.1, 0.15) is 19.3 Å². The van der Waals surface area contributed by atoms with Gasteiger partial charge in [-0.05, 0) is 38.4 Å². The van der Waals surface area contributed by atoms with E-state index < -0.39 is 0 Å². The lowest BCUT2D eigenvalue weighted by Crippen LogP contribution is -2.38. The highest BCUT2D eigenvalue weighted by Crippen LogP contribution is 2.12. The molecule has 0 amide bonds. The maximum Gasteiger partial charge on any atom is 0.0267 e. The van der Waals surface area contributed by atoms with Crippen LogP contribution in [0.2, 0.25) is 0 Å². The Hall–Kier alpha value is -0.930. The van der Waals surface area contributed by atoms with Crippen LogP contribution in [0.15, 0.2) is 29.9 Å². The Morgan fingerprint density at radius 2 is 2.13 bits per heavy atom. The van der Waals surface area contributed by atoms with Gasteiger partial charge in [0.2, 0.25) is 0 Å². The van der Waals surface area contributed by atoms with Crippen LogP contribution in [-0.2, 0) is 0 Å². The number of allylic oxidation sites excluding steroid dienone is 2. The number of hydrogen-bond donors (Lipinski definition) is 1. The van der Waals surface area contributed by atoms with Crippen molar-refractivity contribution in [3.8, 4) is 0 Å². The first-order valence-corrected chi connectivity index (χ1v) is 5.61. The maximum absolute atomic E-state index is 5.76. The van der Waals surface area contributed by atoms with Gasteiger partial charge in [-0.2, -0.15) is 0 Å². The van der Waals surface area contributed by atoms with Gasteiger partial charge in [-0.3, -0.25) is 9.89 Å². The Balaban J connectivity index is 2.29. The van der Waals surface area contributed by atoms with Crippen molar-refractivity contribution in [1.82, 2.24) is 4.90 Å². The minimum Gasteiger partial charge on any atom is -0.329 e. The van der Waals surface area contributed by atoms with Crippen LogP contribution in [0.25, 0.3) is 0 Å². The van der Waals surface area contributed by atoms with Crippen LogP contribution in [0, 0.1) is 0 Å². The van der Waals surface area contributed by atoms with E-state index in [0.717, 1.165) is 13.0 Å². The number of rotatable bonds is 6. The third-order valence-electron chi connectivity index (χ3n) is 2.72. The van der Waals surface area contributed by atoms with E-state index >= 15 is 0 Å². The molecule has 0 aliphatic carbocycles. The van der Waals surface area contributed by atoms with Gasteiger partial charge in [0.05, 0.1) is 0 Å². The first kappa shape index (κ1) is 12.1. The summed E-state index contributed by atoms with van der Waals surface area (Å²) < 4.78 is 0. The smallest absolute Gasteiger partial charge is 0.0267 e. The van der Waals surface area contributed by atoms with E-state index in [1.807, 2.05) is 12.3 Å². The lowest BCUT2D eigenvalue weighted by molar-refractivity contribution is 0.254. The summed E-state index contributed by atoms with van der Waals surface area (Å²) in [6.45, 7) is 6.69. The molecule has 0 saturated carbocycles. The van der Waals surface area contributed by atoms with Crippen LogP contribution in [-0.4, -0.2) is 36.8 Å². The van der Waals surface area contributed by atoms with Crippen LogP contribution in [0.5, 0.6) is 0 Å². The van der Waals surface area contributed by atoms with Gasteiger partial charge in [0.1, 0.15) is 0 Å². The van der Waals surface area contributed by atoms with Crippen LogP contribution < -0.4 is 5.73 Å². The molecule has 1 unspecified atom stereocenters. The minimum absolute atomic E-state index is 0.466. The molecule has 15 heavy (non-hydrogen) atoms. The molecule has 3 heteroatoms. The van der Waals surface area contributed by atoms with Gasteiger partial charge in [0.15, 0.2) is 0 Å².